The lowest BCUT2D eigenvalue weighted by atomic mass is 10.0. The Balaban J connectivity index is 1.54. The molecule has 0 unspecified atom stereocenters. The average molecular weight is 436 g/mol. The number of carbonyl (C=O) groups excluding carboxylic acids is 2. The second kappa shape index (κ2) is 8.31. The molecule has 8 heteroatoms. The van der Waals surface area contributed by atoms with Crippen LogP contribution in [0, 0.1) is 24.0 Å². The fourth-order valence-corrected chi connectivity index (χ4v) is 4.68. The molecule has 1 aromatic heterocycles. The molecular formula is C23H21N3O4S. The van der Waals surface area contributed by atoms with E-state index in [0.717, 1.165) is 6.42 Å². The van der Waals surface area contributed by atoms with Crippen molar-refractivity contribution in [1.82, 2.24) is 4.90 Å². The Morgan fingerprint density at radius 1 is 1.16 bits per heavy atom. The molecule has 158 valence electrons. The van der Waals surface area contributed by atoms with Crippen LogP contribution in [0.5, 0.6) is 0 Å². The van der Waals surface area contributed by atoms with Gasteiger partial charge in [0.25, 0.3) is 17.5 Å². The van der Waals surface area contributed by atoms with Crippen LogP contribution in [0.2, 0.25) is 0 Å². The Labute approximate surface area is 183 Å². The number of carbonyl (C=O) groups is 2. The molecule has 0 bridgehead atoms. The molecule has 0 radical (unpaired) electrons. The predicted octanol–water partition coefficient (Wildman–Crippen LogP) is 4.72. The first-order valence-corrected chi connectivity index (χ1v) is 10.7. The number of hydrogen-bond donors (Lipinski definition) is 1. The molecule has 0 atom stereocenters. The second-order valence-corrected chi connectivity index (χ2v) is 8.54. The van der Waals surface area contributed by atoms with Crippen molar-refractivity contribution in [1.29, 1.82) is 0 Å². The van der Waals surface area contributed by atoms with E-state index in [-0.39, 0.29) is 17.5 Å². The van der Waals surface area contributed by atoms with E-state index in [4.69, 9.17) is 0 Å². The fourth-order valence-electron chi connectivity index (χ4n) is 3.79. The summed E-state index contributed by atoms with van der Waals surface area (Å²) in [6, 6.07) is 11.6. The van der Waals surface area contributed by atoms with Gasteiger partial charge in [-0.25, -0.2) is 0 Å². The summed E-state index contributed by atoms with van der Waals surface area (Å²) in [4.78, 5) is 39.6. The van der Waals surface area contributed by atoms with Gasteiger partial charge in [-0.05, 0) is 67.1 Å². The van der Waals surface area contributed by atoms with E-state index in [0.29, 0.717) is 41.0 Å². The summed E-state index contributed by atoms with van der Waals surface area (Å²) < 4.78 is 0. The number of anilines is 1. The zero-order valence-electron chi connectivity index (χ0n) is 17.2. The zero-order valence-corrected chi connectivity index (χ0v) is 18.0. The van der Waals surface area contributed by atoms with Crippen LogP contribution in [0.15, 0.2) is 47.8 Å². The van der Waals surface area contributed by atoms with Crippen molar-refractivity contribution in [2.45, 2.75) is 26.8 Å². The number of aryl methyl sites for hydroxylation is 1. The first kappa shape index (κ1) is 20.7. The number of rotatable bonds is 4. The number of fused-ring (bicyclic) bond motifs is 1. The predicted molar refractivity (Wildman–Crippen MR) is 120 cm³/mol. The van der Waals surface area contributed by atoms with Crippen LogP contribution in [0.3, 0.4) is 0 Å². The van der Waals surface area contributed by atoms with Gasteiger partial charge in [-0.15, -0.1) is 11.3 Å². The molecule has 2 aromatic carbocycles. The van der Waals surface area contributed by atoms with Crippen molar-refractivity contribution in [2.24, 2.45) is 0 Å². The quantitative estimate of drug-likeness (QED) is 0.474. The molecule has 0 fully saturated rings. The molecule has 3 aromatic rings. The van der Waals surface area contributed by atoms with Crippen LogP contribution in [-0.4, -0.2) is 28.2 Å². The van der Waals surface area contributed by atoms with Crippen molar-refractivity contribution in [3.63, 3.8) is 0 Å². The number of thiophene rings is 1. The van der Waals surface area contributed by atoms with Crippen LogP contribution in [0.1, 0.15) is 42.3 Å². The third kappa shape index (κ3) is 4.06. The van der Waals surface area contributed by atoms with Crippen molar-refractivity contribution in [3.8, 4) is 0 Å². The summed E-state index contributed by atoms with van der Waals surface area (Å²) in [5, 5.41) is 15.9. The monoisotopic (exact) mass is 435 g/mol. The molecule has 31 heavy (non-hydrogen) atoms. The first-order chi connectivity index (χ1) is 14.8. The maximum atomic E-state index is 13.2. The van der Waals surface area contributed by atoms with Gasteiger partial charge in [0.15, 0.2) is 0 Å². The minimum atomic E-state index is -0.476. The second-order valence-electron chi connectivity index (χ2n) is 7.54. The highest BCUT2D eigenvalue weighted by Gasteiger charge is 2.24. The van der Waals surface area contributed by atoms with Gasteiger partial charge in [0.1, 0.15) is 0 Å². The van der Waals surface area contributed by atoms with E-state index in [2.05, 4.69) is 16.8 Å². The lowest BCUT2D eigenvalue weighted by molar-refractivity contribution is -0.385. The first-order valence-electron chi connectivity index (χ1n) is 9.85. The number of nitrogens with one attached hydrogen (secondary N) is 1. The maximum absolute atomic E-state index is 13.2. The third-order valence-electron chi connectivity index (χ3n) is 5.56. The summed E-state index contributed by atoms with van der Waals surface area (Å²) >= 11 is 1.73. The standard InChI is InChI=1S/C23H21N3O4S/c1-14-12-16(6-7-20(14)26(29)30)22(27)24-19-5-3-4-18(15(19)2)23(28)25-10-8-21-17(13-25)9-11-31-21/h3-7,9,11-12H,8,10,13H2,1-2H3,(H,24,27). The molecule has 1 N–H and O–H groups in total. The number of nitro benzene ring substituents is 1. The molecule has 0 spiro atoms. The van der Waals surface area contributed by atoms with Crippen LogP contribution in [0.4, 0.5) is 11.4 Å². The van der Waals surface area contributed by atoms with Gasteiger partial charge in [-0.1, -0.05) is 6.07 Å². The van der Waals surface area contributed by atoms with E-state index >= 15 is 0 Å². The molecule has 1 aliphatic heterocycles. The highest BCUT2D eigenvalue weighted by atomic mass is 32.1. The van der Waals surface area contributed by atoms with Gasteiger partial charge in [0.05, 0.1) is 4.92 Å². The minimum Gasteiger partial charge on any atom is -0.334 e. The molecule has 7 nitrogen and oxygen atoms in total. The van der Waals surface area contributed by atoms with Crippen molar-refractivity contribution < 1.29 is 14.5 Å². The summed E-state index contributed by atoms with van der Waals surface area (Å²) in [5.74, 6) is -0.441. The number of nitro groups is 1. The smallest absolute Gasteiger partial charge is 0.272 e. The van der Waals surface area contributed by atoms with E-state index < -0.39 is 4.92 Å². The molecule has 1 aliphatic rings. The topological polar surface area (TPSA) is 92.6 Å². The Morgan fingerprint density at radius 3 is 2.71 bits per heavy atom. The van der Waals surface area contributed by atoms with Crippen LogP contribution in [0.25, 0.3) is 0 Å². The molecule has 2 heterocycles. The highest BCUT2D eigenvalue weighted by molar-refractivity contribution is 7.10. The average Bonchev–Trinajstić information content (AvgIpc) is 3.22. The zero-order chi connectivity index (χ0) is 22.1. The largest absolute Gasteiger partial charge is 0.334 e. The maximum Gasteiger partial charge on any atom is 0.272 e. The molecule has 4 rings (SSSR count). The Morgan fingerprint density at radius 2 is 1.97 bits per heavy atom. The number of amides is 2. The van der Waals surface area contributed by atoms with Crippen molar-refractivity contribution in [2.75, 3.05) is 11.9 Å². The molecule has 0 saturated carbocycles. The summed E-state index contributed by atoms with van der Waals surface area (Å²) in [6.45, 7) is 4.67. The number of benzene rings is 2. The van der Waals surface area contributed by atoms with Gasteiger partial charge >= 0.3 is 0 Å². The van der Waals surface area contributed by atoms with Crippen LogP contribution >= 0.6 is 11.3 Å². The molecular weight excluding hydrogens is 414 g/mol. The van der Waals surface area contributed by atoms with Gasteiger partial charge in [-0.2, -0.15) is 0 Å². The van der Waals surface area contributed by atoms with Crippen molar-refractivity contribution in [3.05, 3.63) is 90.7 Å². The Hall–Kier alpha value is -3.52. The SMILES string of the molecule is Cc1cc(C(=O)Nc2cccc(C(=O)N3CCc4sccc4C3)c2C)ccc1[N+](=O)[O-]. The lowest BCUT2D eigenvalue weighted by Gasteiger charge is -2.28. The summed E-state index contributed by atoms with van der Waals surface area (Å²) in [6.07, 6.45) is 0.855. The van der Waals surface area contributed by atoms with Gasteiger partial charge in [0.2, 0.25) is 0 Å². The molecule has 0 saturated heterocycles. The van der Waals surface area contributed by atoms with Crippen LogP contribution in [-0.2, 0) is 13.0 Å². The van der Waals surface area contributed by atoms with E-state index in [1.165, 1.54) is 28.6 Å². The van der Waals surface area contributed by atoms with E-state index in [1.807, 2.05) is 11.8 Å². The number of nitrogens with zero attached hydrogens (tertiary/aromatic N) is 2. The highest BCUT2D eigenvalue weighted by Crippen LogP contribution is 2.27. The van der Waals surface area contributed by atoms with Crippen molar-refractivity contribution >= 4 is 34.5 Å². The normalized spacial score (nSPS) is 12.9. The van der Waals surface area contributed by atoms with Gasteiger partial charge in [-0.3, -0.25) is 19.7 Å². The summed E-state index contributed by atoms with van der Waals surface area (Å²) in [5.41, 5.74) is 3.68. The summed E-state index contributed by atoms with van der Waals surface area (Å²) in [7, 11) is 0. The minimum absolute atomic E-state index is 0.0318. The molecule has 0 aliphatic carbocycles. The lowest BCUT2D eigenvalue weighted by Crippen LogP contribution is -2.35. The fraction of sp³-hybridized carbons (Fsp3) is 0.217. The van der Waals surface area contributed by atoms with E-state index in [9.17, 15) is 19.7 Å². The van der Waals surface area contributed by atoms with E-state index in [1.54, 1.807) is 36.5 Å². The third-order valence-corrected chi connectivity index (χ3v) is 6.59. The van der Waals surface area contributed by atoms with Gasteiger partial charge < -0.3 is 10.2 Å². The van der Waals surface area contributed by atoms with Crippen LogP contribution < -0.4 is 5.32 Å². The van der Waals surface area contributed by atoms with Gasteiger partial charge in [0, 0.05) is 46.4 Å². The Kier molecular flexibility index (Phi) is 5.56. The number of hydrogen-bond acceptors (Lipinski definition) is 5. The Bertz CT molecular complexity index is 1200. The molecule has 2 amide bonds.